The highest BCUT2D eigenvalue weighted by atomic mass is 32.2. The normalized spacial score (nSPS) is 12.1. The highest BCUT2D eigenvalue weighted by molar-refractivity contribution is 7.84. The number of ether oxygens (including phenoxy) is 1. The maximum atomic E-state index is 12.1. The van der Waals surface area contributed by atoms with Crippen LogP contribution in [0.4, 0.5) is 5.69 Å². The zero-order valence-electron chi connectivity index (χ0n) is 12.5. The van der Waals surface area contributed by atoms with E-state index in [-0.39, 0.29) is 5.91 Å². The Morgan fingerprint density at radius 2 is 2.27 bits per heavy atom. The van der Waals surface area contributed by atoms with E-state index in [0.29, 0.717) is 28.7 Å². The van der Waals surface area contributed by atoms with Crippen molar-refractivity contribution in [1.29, 1.82) is 0 Å². The number of anilines is 1. The fourth-order valence-corrected chi connectivity index (χ4v) is 3.55. The van der Waals surface area contributed by atoms with Gasteiger partial charge in [-0.2, -0.15) is 0 Å². The Labute approximate surface area is 136 Å². The molecular formula is C15H18N2O3S2. The van der Waals surface area contributed by atoms with Crippen molar-refractivity contribution in [2.24, 2.45) is 0 Å². The molecule has 0 spiro atoms. The maximum Gasteiger partial charge on any atom is 0.267 e. The van der Waals surface area contributed by atoms with Gasteiger partial charge in [-0.3, -0.25) is 9.00 Å². The highest BCUT2D eigenvalue weighted by Crippen LogP contribution is 2.16. The summed E-state index contributed by atoms with van der Waals surface area (Å²) in [4.78, 5) is 16.7. The number of hydrogen-bond donors (Lipinski definition) is 1. The van der Waals surface area contributed by atoms with Crippen LogP contribution < -0.4 is 5.32 Å². The number of benzene rings is 1. The first-order valence-corrected chi connectivity index (χ1v) is 9.05. The molecule has 22 heavy (non-hydrogen) atoms. The molecule has 0 aliphatic rings. The van der Waals surface area contributed by atoms with E-state index >= 15 is 0 Å². The molecule has 2 rings (SSSR count). The summed E-state index contributed by atoms with van der Waals surface area (Å²) in [6, 6.07) is 7.40. The number of nitrogens with zero attached hydrogens (tertiary/aromatic N) is 1. The molecule has 1 aromatic heterocycles. The number of aromatic nitrogens is 1. The highest BCUT2D eigenvalue weighted by Gasteiger charge is 2.10. The third-order valence-electron chi connectivity index (χ3n) is 2.87. The number of nitrogens with one attached hydrogen (secondary N) is 1. The molecule has 0 bridgehead atoms. The second-order valence-electron chi connectivity index (χ2n) is 4.68. The number of thiazole rings is 1. The van der Waals surface area contributed by atoms with Crippen LogP contribution in [-0.2, 0) is 21.3 Å². The van der Waals surface area contributed by atoms with Gasteiger partial charge in [0.25, 0.3) is 5.91 Å². The molecule has 0 saturated carbocycles. The van der Waals surface area contributed by atoms with E-state index in [0.717, 1.165) is 10.6 Å². The minimum atomic E-state index is -0.970. The summed E-state index contributed by atoms with van der Waals surface area (Å²) in [6.45, 7) is 2.34. The van der Waals surface area contributed by atoms with Gasteiger partial charge in [-0.1, -0.05) is 12.1 Å². The molecule has 1 N–H and O–H groups in total. The van der Waals surface area contributed by atoms with Gasteiger partial charge in [0.1, 0.15) is 4.88 Å². The van der Waals surface area contributed by atoms with E-state index in [9.17, 15) is 9.00 Å². The van der Waals surface area contributed by atoms with Crippen LogP contribution >= 0.6 is 11.3 Å². The van der Waals surface area contributed by atoms with Crippen LogP contribution in [0.15, 0.2) is 30.5 Å². The van der Waals surface area contributed by atoms with Crippen LogP contribution in [0.1, 0.15) is 20.2 Å². The number of methoxy groups -OCH3 is 1. The smallest absolute Gasteiger partial charge is 0.267 e. The predicted octanol–water partition coefficient (Wildman–Crippen LogP) is 2.60. The van der Waals surface area contributed by atoms with Gasteiger partial charge in [0.15, 0.2) is 0 Å². The summed E-state index contributed by atoms with van der Waals surface area (Å²) in [7, 11) is 0.622. The summed E-state index contributed by atoms with van der Waals surface area (Å²) in [6.07, 6.45) is 1.57. The minimum absolute atomic E-state index is 0.178. The Morgan fingerprint density at radius 1 is 1.45 bits per heavy atom. The molecule has 0 radical (unpaired) electrons. The Kier molecular flexibility index (Phi) is 6.23. The topological polar surface area (TPSA) is 68.3 Å². The van der Waals surface area contributed by atoms with Gasteiger partial charge in [-0.25, -0.2) is 4.98 Å². The molecule has 5 nitrogen and oxygen atoms in total. The molecule has 1 aromatic carbocycles. The van der Waals surface area contributed by atoms with Crippen LogP contribution in [-0.4, -0.2) is 34.6 Å². The molecule has 1 amide bonds. The van der Waals surface area contributed by atoms with E-state index in [1.807, 2.05) is 31.2 Å². The summed E-state index contributed by atoms with van der Waals surface area (Å²) >= 11 is 1.35. The van der Waals surface area contributed by atoms with E-state index in [1.54, 1.807) is 13.3 Å². The third-order valence-corrected chi connectivity index (χ3v) is 5.06. The Balaban J connectivity index is 1.99. The number of carbonyl (C=O) groups excluding carboxylic acids is 1. The lowest BCUT2D eigenvalue weighted by atomic mass is 10.2. The van der Waals surface area contributed by atoms with Crippen molar-refractivity contribution in [3.8, 4) is 0 Å². The van der Waals surface area contributed by atoms with Gasteiger partial charge >= 0.3 is 0 Å². The van der Waals surface area contributed by atoms with Crippen molar-refractivity contribution in [3.05, 3.63) is 45.9 Å². The van der Waals surface area contributed by atoms with Crippen LogP contribution in [0.3, 0.4) is 0 Å². The monoisotopic (exact) mass is 338 g/mol. The molecule has 118 valence electrons. The lowest BCUT2D eigenvalue weighted by Gasteiger charge is -2.06. The molecule has 1 atom stereocenters. The molecule has 0 unspecified atom stereocenters. The Hall–Kier alpha value is -1.57. The minimum Gasteiger partial charge on any atom is -0.384 e. The second-order valence-corrected chi connectivity index (χ2v) is 7.49. The van der Waals surface area contributed by atoms with Gasteiger partial charge in [-0.15, -0.1) is 11.3 Å². The van der Waals surface area contributed by atoms with Crippen molar-refractivity contribution >= 4 is 33.7 Å². The van der Waals surface area contributed by atoms with Crippen molar-refractivity contribution in [2.45, 2.75) is 12.7 Å². The number of amides is 1. The van der Waals surface area contributed by atoms with Crippen LogP contribution in [0.25, 0.3) is 0 Å². The number of hydrogen-bond acceptors (Lipinski definition) is 5. The second kappa shape index (κ2) is 8.17. The fraction of sp³-hybridized carbons (Fsp3) is 0.333. The van der Waals surface area contributed by atoms with E-state index in [4.69, 9.17) is 4.74 Å². The van der Waals surface area contributed by atoms with Gasteiger partial charge in [0.05, 0.1) is 17.8 Å². The first-order valence-electron chi connectivity index (χ1n) is 6.75. The average molecular weight is 338 g/mol. The van der Waals surface area contributed by atoms with Crippen molar-refractivity contribution < 1.29 is 13.7 Å². The summed E-state index contributed by atoms with van der Waals surface area (Å²) in [5, 5.41) is 3.69. The molecule has 1 heterocycles. The van der Waals surface area contributed by atoms with Crippen LogP contribution in [0, 0.1) is 6.92 Å². The zero-order chi connectivity index (χ0) is 15.9. The quantitative estimate of drug-likeness (QED) is 0.842. The molecular weight excluding hydrogens is 320 g/mol. The molecule has 0 aliphatic carbocycles. The van der Waals surface area contributed by atoms with Gasteiger partial charge in [0, 0.05) is 35.1 Å². The van der Waals surface area contributed by atoms with E-state index in [2.05, 4.69) is 10.3 Å². The SMILES string of the molecule is COCC[S@@](=O)Cc1cccc(NC(=O)c2cnc(C)s2)c1. The van der Waals surface area contributed by atoms with Crippen molar-refractivity contribution in [1.82, 2.24) is 4.98 Å². The summed E-state index contributed by atoms with van der Waals surface area (Å²) in [5.41, 5.74) is 1.62. The Bertz CT molecular complexity index is 670. The van der Waals surface area contributed by atoms with Gasteiger partial charge in [-0.05, 0) is 24.6 Å². The molecule has 7 heteroatoms. The van der Waals surface area contributed by atoms with Crippen LogP contribution in [0.2, 0.25) is 0 Å². The molecule has 2 aromatic rings. The molecule has 0 fully saturated rings. The van der Waals surface area contributed by atoms with Gasteiger partial charge in [0.2, 0.25) is 0 Å². The van der Waals surface area contributed by atoms with E-state index < -0.39 is 10.8 Å². The average Bonchev–Trinajstić information content (AvgIpc) is 2.92. The molecule has 0 saturated heterocycles. The zero-order valence-corrected chi connectivity index (χ0v) is 14.1. The summed E-state index contributed by atoms with van der Waals surface area (Å²) in [5.74, 6) is 0.781. The van der Waals surface area contributed by atoms with Crippen molar-refractivity contribution in [2.75, 3.05) is 24.8 Å². The van der Waals surface area contributed by atoms with Crippen LogP contribution in [0.5, 0.6) is 0 Å². The first kappa shape index (κ1) is 16.8. The summed E-state index contributed by atoms with van der Waals surface area (Å²) < 4.78 is 16.8. The standard InChI is InChI=1S/C15H18N2O3S2/c1-11-16-9-14(21-11)15(18)17-13-5-3-4-12(8-13)10-22(19)7-6-20-2/h3-5,8-9H,6-7,10H2,1-2H3,(H,17,18)/t22-/m1/s1. The lowest BCUT2D eigenvalue weighted by Crippen LogP contribution is -2.11. The van der Waals surface area contributed by atoms with Crippen molar-refractivity contribution in [3.63, 3.8) is 0 Å². The number of carbonyl (C=O) groups is 1. The largest absolute Gasteiger partial charge is 0.384 e. The first-order chi connectivity index (χ1) is 10.6. The third kappa shape index (κ3) is 5.01. The maximum absolute atomic E-state index is 12.1. The predicted molar refractivity (Wildman–Crippen MR) is 89.8 cm³/mol. The number of aryl methyl sites for hydroxylation is 1. The van der Waals surface area contributed by atoms with E-state index in [1.165, 1.54) is 11.3 Å². The van der Waals surface area contributed by atoms with Gasteiger partial charge < -0.3 is 10.1 Å². The fourth-order valence-electron chi connectivity index (χ4n) is 1.83. The lowest BCUT2D eigenvalue weighted by molar-refractivity contribution is 0.103. The Morgan fingerprint density at radius 3 is 2.95 bits per heavy atom. The number of rotatable bonds is 7. The molecule has 0 aliphatic heterocycles.